The fraction of sp³-hybridized carbons (Fsp3) is 0.278. The maximum Gasteiger partial charge on any atom is 0.107 e. The fourth-order valence-corrected chi connectivity index (χ4v) is 2.47. The number of hydrogen-bond acceptors (Lipinski definition) is 2. The predicted octanol–water partition coefficient (Wildman–Crippen LogP) is 3.77. The maximum absolute atomic E-state index is 4.47. The Bertz CT molecular complexity index is 728. The molecule has 0 fully saturated rings. The third kappa shape index (κ3) is 3.31. The zero-order chi connectivity index (χ0) is 14.7. The van der Waals surface area contributed by atoms with E-state index in [0.717, 1.165) is 24.5 Å². The van der Waals surface area contributed by atoms with Crippen molar-refractivity contribution in [1.82, 2.24) is 15.3 Å². The molecule has 0 radical (unpaired) electrons. The van der Waals surface area contributed by atoms with Crippen molar-refractivity contribution in [3.63, 3.8) is 0 Å². The van der Waals surface area contributed by atoms with Gasteiger partial charge in [0.25, 0.3) is 0 Å². The monoisotopic (exact) mass is 279 g/mol. The van der Waals surface area contributed by atoms with Crippen LogP contribution in [0.4, 0.5) is 0 Å². The first-order valence-corrected chi connectivity index (χ1v) is 7.49. The van der Waals surface area contributed by atoms with Crippen LogP contribution in [0.3, 0.4) is 0 Å². The van der Waals surface area contributed by atoms with Gasteiger partial charge in [0.15, 0.2) is 0 Å². The highest BCUT2D eigenvalue weighted by atomic mass is 14.9. The number of nitrogens with zero attached hydrogens (tertiary/aromatic N) is 1. The number of aromatic nitrogens is 2. The number of benzene rings is 2. The van der Waals surface area contributed by atoms with Crippen LogP contribution in [-0.2, 0) is 6.42 Å². The van der Waals surface area contributed by atoms with Crippen molar-refractivity contribution >= 4 is 10.8 Å². The summed E-state index contributed by atoms with van der Waals surface area (Å²) in [7, 11) is 0. The number of imidazole rings is 1. The highest BCUT2D eigenvalue weighted by molar-refractivity contribution is 5.86. The van der Waals surface area contributed by atoms with Crippen LogP contribution in [-0.4, -0.2) is 22.6 Å². The molecular formula is C18H21N3. The van der Waals surface area contributed by atoms with Crippen molar-refractivity contribution in [2.75, 3.05) is 6.54 Å². The van der Waals surface area contributed by atoms with E-state index in [1.54, 1.807) is 0 Å². The Labute approximate surface area is 125 Å². The summed E-state index contributed by atoms with van der Waals surface area (Å²) in [6, 6.07) is 15.4. The van der Waals surface area contributed by atoms with Crippen molar-refractivity contribution < 1.29 is 0 Å². The highest BCUT2D eigenvalue weighted by Crippen LogP contribution is 2.23. The number of fused-ring (bicyclic) bond motifs is 1. The van der Waals surface area contributed by atoms with E-state index in [1.165, 1.54) is 16.3 Å². The predicted molar refractivity (Wildman–Crippen MR) is 88.4 cm³/mol. The van der Waals surface area contributed by atoms with Gasteiger partial charge in [0, 0.05) is 24.6 Å². The summed E-state index contributed by atoms with van der Waals surface area (Å²) in [5.41, 5.74) is 2.27. The van der Waals surface area contributed by atoms with Gasteiger partial charge in [-0.25, -0.2) is 4.98 Å². The minimum Gasteiger partial charge on any atom is -0.342 e. The largest absolute Gasteiger partial charge is 0.342 e. The number of rotatable bonds is 5. The van der Waals surface area contributed by atoms with Crippen LogP contribution >= 0.6 is 0 Å². The summed E-state index contributed by atoms with van der Waals surface area (Å²) < 4.78 is 0. The minimum absolute atomic E-state index is 0.514. The van der Waals surface area contributed by atoms with E-state index < -0.39 is 0 Å². The molecule has 0 amide bonds. The number of nitrogens with one attached hydrogen (secondary N) is 2. The van der Waals surface area contributed by atoms with E-state index >= 15 is 0 Å². The second kappa shape index (κ2) is 6.10. The van der Waals surface area contributed by atoms with Crippen molar-refractivity contribution in [3.8, 4) is 11.3 Å². The molecule has 0 aliphatic heterocycles. The summed E-state index contributed by atoms with van der Waals surface area (Å²) in [6.07, 6.45) is 2.85. The van der Waals surface area contributed by atoms with Gasteiger partial charge in [-0.3, -0.25) is 0 Å². The Balaban J connectivity index is 1.77. The van der Waals surface area contributed by atoms with E-state index in [1.807, 2.05) is 6.20 Å². The van der Waals surface area contributed by atoms with Gasteiger partial charge in [0.05, 0.1) is 11.9 Å². The van der Waals surface area contributed by atoms with Crippen LogP contribution in [0.25, 0.3) is 22.0 Å². The van der Waals surface area contributed by atoms with Gasteiger partial charge < -0.3 is 10.3 Å². The van der Waals surface area contributed by atoms with Gasteiger partial charge >= 0.3 is 0 Å². The Morgan fingerprint density at radius 1 is 1.10 bits per heavy atom. The van der Waals surface area contributed by atoms with Gasteiger partial charge in [-0.1, -0.05) is 50.2 Å². The van der Waals surface area contributed by atoms with Crippen molar-refractivity contribution in [3.05, 3.63) is 54.5 Å². The van der Waals surface area contributed by atoms with Crippen LogP contribution < -0.4 is 5.32 Å². The van der Waals surface area contributed by atoms with E-state index in [0.29, 0.717) is 6.04 Å². The molecule has 0 spiro atoms. The molecule has 0 bridgehead atoms. The lowest BCUT2D eigenvalue weighted by molar-refractivity contribution is 0.584. The van der Waals surface area contributed by atoms with Gasteiger partial charge in [0.1, 0.15) is 5.82 Å². The summed E-state index contributed by atoms with van der Waals surface area (Å²) in [6.45, 7) is 5.26. The lowest BCUT2D eigenvalue weighted by Crippen LogP contribution is -2.25. The quantitative estimate of drug-likeness (QED) is 0.746. The van der Waals surface area contributed by atoms with Crippen LogP contribution in [0.15, 0.2) is 48.7 Å². The van der Waals surface area contributed by atoms with E-state index in [2.05, 4.69) is 71.6 Å². The molecule has 108 valence electrons. The highest BCUT2D eigenvalue weighted by Gasteiger charge is 2.04. The fourth-order valence-electron chi connectivity index (χ4n) is 2.47. The molecule has 3 rings (SSSR count). The van der Waals surface area contributed by atoms with Crippen molar-refractivity contribution in [2.24, 2.45) is 0 Å². The molecule has 3 aromatic rings. The molecule has 0 aliphatic carbocycles. The van der Waals surface area contributed by atoms with Crippen LogP contribution in [0, 0.1) is 0 Å². The topological polar surface area (TPSA) is 40.7 Å². The molecular weight excluding hydrogens is 258 g/mol. The van der Waals surface area contributed by atoms with Crippen LogP contribution in [0.2, 0.25) is 0 Å². The first kappa shape index (κ1) is 13.8. The summed E-state index contributed by atoms with van der Waals surface area (Å²) in [5, 5.41) is 5.93. The van der Waals surface area contributed by atoms with E-state index in [4.69, 9.17) is 0 Å². The Kier molecular flexibility index (Phi) is 4.02. The molecule has 1 aromatic heterocycles. The molecule has 0 saturated carbocycles. The molecule has 2 N–H and O–H groups in total. The zero-order valence-electron chi connectivity index (χ0n) is 12.6. The van der Waals surface area contributed by atoms with Gasteiger partial charge in [-0.2, -0.15) is 0 Å². The smallest absolute Gasteiger partial charge is 0.107 e. The van der Waals surface area contributed by atoms with Crippen LogP contribution in [0.1, 0.15) is 19.7 Å². The number of H-pyrrole nitrogens is 1. The third-order valence-electron chi connectivity index (χ3n) is 3.60. The third-order valence-corrected chi connectivity index (χ3v) is 3.60. The summed E-state index contributed by atoms with van der Waals surface area (Å²) >= 11 is 0. The summed E-state index contributed by atoms with van der Waals surface area (Å²) in [4.78, 5) is 7.89. The molecule has 3 nitrogen and oxygen atoms in total. The van der Waals surface area contributed by atoms with Gasteiger partial charge in [-0.15, -0.1) is 0 Å². The first-order valence-electron chi connectivity index (χ1n) is 7.49. The average Bonchev–Trinajstić information content (AvgIpc) is 2.95. The lowest BCUT2D eigenvalue weighted by atomic mass is 10.1. The van der Waals surface area contributed by atoms with Crippen LogP contribution in [0.5, 0.6) is 0 Å². The molecule has 21 heavy (non-hydrogen) atoms. The standard InChI is InChI=1S/C18H21N3/c1-13(2)19-10-9-18-20-12-17(21-18)16-8-7-14-5-3-4-6-15(14)11-16/h3-8,11-13,19H,9-10H2,1-2H3,(H,20,21). The maximum atomic E-state index is 4.47. The second-order valence-electron chi connectivity index (χ2n) is 5.66. The Hall–Kier alpha value is -2.13. The molecule has 2 aromatic carbocycles. The van der Waals surface area contributed by atoms with Gasteiger partial charge in [-0.05, 0) is 16.8 Å². The van der Waals surface area contributed by atoms with E-state index in [9.17, 15) is 0 Å². The molecule has 0 unspecified atom stereocenters. The number of hydrogen-bond donors (Lipinski definition) is 2. The lowest BCUT2D eigenvalue weighted by Gasteiger charge is -2.05. The molecule has 0 aliphatic rings. The van der Waals surface area contributed by atoms with Crippen molar-refractivity contribution in [2.45, 2.75) is 26.3 Å². The van der Waals surface area contributed by atoms with Crippen molar-refractivity contribution in [1.29, 1.82) is 0 Å². The average molecular weight is 279 g/mol. The molecule has 0 atom stereocenters. The molecule has 1 heterocycles. The normalized spacial score (nSPS) is 11.4. The second-order valence-corrected chi connectivity index (χ2v) is 5.66. The first-order chi connectivity index (χ1) is 10.2. The summed E-state index contributed by atoms with van der Waals surface area (Å²) in [5.74, 6) is 1.03. The number of aromatic amines is 1. The SMILES string of the molecule is CC(C)NCCc1ncc(-c2ccc3ccccc3c2)[nH]1. The molecule has 3 heteroatoms. The molecule has 0 saturated heterocycles. The minimum atomic E-state index is 0.514. The van der Waals surface area contributed by atoms with Gasteiger partial charge in [0.2, 0.25) is 0 Å². The Morgan fingerprint density at radius 2 is 1.90 bits per heavy atom. The van der Waals surface area contributed by atoms with E-state index in [-0.39, 0.29) is 0 Å². The zero-order valence-corrected chi connectivity index (χ0v) is 12.6. The Morgan fingerprint density at radius 3 is 2.71 bits per heavy atom.